The van der Waals surface area contributed by atoms with E-state index in [0.29, 0.717) is 11.3 Å². The Morgan fingerprint density at radius 2 is 2.29 bits per heavy atom. The largest absolute Gasteiger partial charge is 0.481 e. The van der Waals surface area contributed by atoms with Crippen LogP contribution in [0.25, 0.3) is 0 Å². The molecule has 1 unspecified atom stereocenters. The molecule has 1 rings (SSSR count). The van der Waals surface area contributed by atoms with E-state index in [4.69, 9.17) is 5.11 Å². The van der Waals surface area contributed by atoms with Gasteiger partial charge in [-0.3, -0.25) is 4.79 Å². The van der Waals surface area contributed by atoms with Gasteiger partial charge in [0.1, 0.15) is 0 Å². The molecule has 0 radical (unpaired) electrons. The van der Waals surface area contributed by atoms with Crippen molar-refractivity contribution < 1.29 is 9.90 Å². The van der Waals surface area contributed by atoms with Gasteiger partial charge in [0, 0.05) is 17.8 Å². The number of thioether (sulfide) groups is 1. The number of aliphatic carboxylic acids is 1. The average molecular weight is 217 g/mol. The van der Waals surface area contributed by atoms with Crippen LogP contribution in [0, 0.1) is 5.92 Å². The van der Waals surface area contributed by atoms with E-state index < -0.39 is 5.97 Å². The lowest BCUT2D eigenvalue weighted by molar-refractivity contribution is -0.140. The highest BCUT2D eigenvalue weighted by atomic mass is 32.2. The van der Waals surface area contributed by atoms with Crippen LogP contribution in [0.5, 0.6) is 0 Å². The molecule has 0 aromatic heterocycles. The summed E-state index contributed by atoms with van der Waals surface area (Å²) in [6.45, 7) is 3.27. The molecule has 1 aliphatic carbocycles. The first-order valence-electron chi connectivity index (χ1n) is 5.08. The van der Waals surface area contributed by atoms with Gasteiger partial charge < -0.3 is 10.4 Å². The van der Waals surface area contributed by atoms with Gasteiger partial charge >= 0.3 is 5.97 Å². The van der Waals surface area contributed by atoms with Crippen molar-refractivity contribution >= 4 is 17.7 Å². The molecule has 0 aliphatic heterocycles. The number of nitrogens with one attached hydrogen (secondary N) is 1. The maximum absolute atomic E-state index is 10.6. The zero-order chi connectivity index (χ0) is 10.6. The molecule has 1 aliphatic rings. The van der Waals surface area contributed by atoms with Crippen molar-refractivity contribution in [1.29, 1.82) is 0 Å². The van der Waals surface area contributed by atoms with Crippen molar-refractivity contribution in [3.8, 4) is 0 Å². The molecule has 0 bridgehead atoms. The molecule has 0 aromatic carbocycles. The number of hydrogen-bond acceptors (Lipinski definition) is 3. The van der Waals surface area contributed by atoms with Crippen molar-refractivity contribution in [2.24, 2.45) is 5.92 Å². The summed E-state index contributed by atoms with van der Waals surface area (Å²) in [7, 11) is 0. The lowest BCUT2D eigenvalue weighted by atomic mass is 9.84. The number of carboxylic acids is 1. The molecular weight excluding hydrogens is 198 g/mol. The standard InChI is InChI=1S/C10H19NO2S/c1-8(9(12)13)6-11-7-10(14-2)4-3-5-10/h8,11H,3-7H2,1-2H3,(H,12,13). The fraction of sp³-hybridized carbons (Fsp3) is 0.900. The second kappa shape index (κ2) is 5.03. The van der Waals surface area contributed by atoms with E-state index >= 15 is 0 Å². The Kier molecular flexibility index (Phi) is 4.26. The van der Waals surface area contributed by atoms with Crippen LogP contribution in [-0.4, -0.2) is 35.2 Å². The Hall–Kier alpha value is -0.220. The van der Waals surface area contributed by atoms with Gasteiger partial charge in [0.2, 0.25) is 0 Å². The zero-order valence-electron chi connectivity index (χ0n) is 8.88. The first-order chi connectivity index (χ1) is 6.59. The van der Waals surface area contributed by atoms with E-state index in [1.807, 2.05) is 11.8 Å². The Labute approximate surface area is 89.6 Å². The predicted octanol–water partition coefficient (Wildman–Crippen LogP) is 1.58. The number of carbonyl (C=O) groups is 1. The molecule has 1 saturated carbocycles. The molecular formula is C10H19NO2S. The normalized spacial score (nSPS) is 21.3. The second-order valence-corrected chi connectivity index (χ2v) is 5.39. The summed E-state index contributed by atoms with van der Waals surface area (Å²) in [5.41, 5.74) is 0. The van der Waals surface area contributed by atoms with Crippen LogP contribution >= 0.6 is 11.8 Å². The van der Waals surface area contributed by atoms with Gasteiger partial charge in [0.15, 0.2) is 0 Å². The average Bonchev–Trinajstić information content (AvgIpc) is 2.09. The molecule has 0 heterocycles. The summed E-state index contributed by atoms with van der Waals surface area (Å²) in [5.74, 6) is -1.00. The molecule has 0 aromatic rings. The van der Waals surface area contributed by atoms with E-state index in [0.717, 1.165) is 6.54 Å². The third-order valence-electron chi connectivity index (χ3n) is 3.02. The highest BCUT2D eigenvalue weighted by Crippen LogP contribution is 2.42. The first-order valence-corrected chi connectivity index (χ1v) is 6.31. The molecule has 0 amide bonds. The van der Waals surface area contributed by atoms with Gasteiger partial charge in [-0.05, 0) is 19.1 Å². The third-order valence-corrected chi connectivity index (χ3v) is 4.44. The van der Waals surface area contributed by atoms with Gasteiger partial charge in [0.05, 0.1) is 5.92 Å². The molecule has 0 spiro atoms. The zero-order valence-corrected chi connectivity index (χ0v) is 9.69. The van der Waals surface area contributed by atoms with Gasteiger partial charge in [-0.15, -0.1) is 0 Å². The van der Waals surface area contributed by atoms with Crippen molar-refractivity contribution in [2.75, 3.05) is 19.3 Å². The molecule has 1 atom stereocenters. The first kappa shape index (κ1) is 11.9. The molecule has 82 valence electrons. The Bertz CT molecular complexity index is 199. The monoisotopic (exact) mass is 217 g/mol. The van der Waals surface area contributed by atoms with Crippen molar-refractivity contribution in [3.05, 3.63) is 0 Å². The summed E-state index contributed by atoms with van der Waals surface area (Å²) in [6, 6.07) is 0. The minimum atomic E-state index is -0.718. The summed E-state index contributed by atoms with van der Waals surface area (Å²) in [4.78, 5) is 10.6. The van der Waals surface area contributed by atoms with E-state index in [2.05, 4.69) is 11.6 Å². The number of rotatable bonds is 6. The number of hydrogen-bond donors (Lipinski definition) is 2. The van der Waals surface area contributed by atoms with E-state index in [1.54, 1.807) is 6.92 Å². The SMILES string of the molecule is CSC1(CNCC(C)C(=O)O)CCC1. The maximum Gasteiger partial charge on any atom is 0.307 e. The van der Waals surface area contributed by atoms with Crippen LogP contribution in [0.15, 0.2) is 0 Å². The molecule has 0 saturated heterocycles. The lowest BCUT2D eigenvalue weighted by Gasteiger charge is -2.40. The minimum Gasteiger partial charge on any atom is -0.481 e. The molecule has 2 N–H and O–H groups in total. The Balaban J connectivity index is 2.17. The van der Waals surface area contributed by atoms with E-state index in [-0.39, 0.29) is 5.92 Å². The topological polar surface area (TPSA) is 49.3 Å². The lowest BCUT2D eigenvalue weighted by Crippen LogP contribution is -2.44. The molecule has 3 nitrogen and oxygen atoms in total. The van der Waals surface area contributed by atoms with Crippen LogP contribution in [0.2, 0.25) is 0 Å². The Morgan fingerprint density at radius 1 is 1.64 bits per heavy atom. The van der Waals surface area contributed by atoms with Gasteiger partial charge in [0.25, 0.3) is 0 Å². The number of carboxylic acid groups (broad SMARTS) is 1. The van der Waals surface area contributed by atoms with Crippen molar-refractivity contribution in [2.45, 2.75) is 30.9 Å². The van der Waals surface area contributed by atoms with Crippen LogP contribution in [0.3, 0.4) is 0 Å². The fourth-order valence-corrected chi connectivity index (χ4v) is 2.57. The summed E-state index contributed by atoms with van der Waals surface area (Å²) in [6.07, 6.45) is 5.99. The van der Waals surface area contributed by atoms with E-state index in [1.165, 1.54) is 19.3 Å². The fourth-order valence-electron chi connectivity index (χ4n) is 1.63. The molecule has 1 fully saturated rings. The van der Waals surface area contributed by atoms with Crippen LogP contribution in [0.1, 0.15) is 26.2 Å². The Morgan fingerprint density at radius 3 is 2.64 bits per heavy atom. The van der Waals surface area contributed by atoms with E-state index in [9.17, 15) is 4.79 Å². The van der Waals surface area contributed by atoms with Gasteiger partial charge in [-0.2, -0.15) is 11.8 Å². The van der Waals surface area contributed by atoms with Crippen molar-refractivity contribution in [1.82, 2.24) is 5.32 Å². The second-order valence-electron chi connectivity index (χ2n) is 4.11. The summed E-state index contributed by atoms with van der Waals surface area (Å²) >= 11 is 1.91. The third kappa shape index (κ3) is 2.89. The van der Waals surface area contributed by atoms with Crippen molar-refractivity contribution in [3.63, 3.8) is 0 Å². The van der Waals surface area contributed by atoms with Crippen LogP contribution in [0.4, 0.5) is 0 Å². The minimum absolute atomic E-state index is 0.283. The maximum atomic E-state index is 10.6. The summed E-state index contributed by atoms with van der Waals surface area (Å²) < 4.78 is 0.401. The van der Waals surface area contributed by atoms with Gasteiger partial charge in [-0.1, -0.05) is 13.3 Å². The van der Waals surface area contributed by atoms with Crippen LogP contribution in [-0.2, 0) is 4.79 Å². The molecule has 4 heteroatoms. The smallest absolute Gasteiger partial charge is 0.307 e. The quantitative estimate of drug-likeness (QED) is 0.709. The molecule has 14 heavy (non-hydrogen) atoms. The highest BCUT2D eigenvalue weighted by Gasteiger charge is 2.35. The van der Waals surface area contributed by atoms with Gasteiger partial charge in [-0.25, -0.2) is 0 Å². The predicted molar refractivity (Wildman–Crippen MR) is 59.8 cm³/mol. The van der Waals surface area contributed by atoms with Crippen LogP contribution < -0.4 is 5.32 Å². The highest BCUT2D eigenvalue weighted by molar-refractivity contribution is 8.00. The summed E-state index contributed by atoms with van der Waals surface area (Å²) in [5, 5.41) is 12.0.